The monoisotopic (exact) mass is 574 g/mol. The van der Waals surface area contributed by atoms with E-state index in [-0.39, 0.29) is 33.0 Å². The quantitative estimate of drug-likeness (QED) is 0.111. The van der Waals surface area contributed by atoms with Crippen molar-refractivity contribution in [1.29, 1.82) is 0 Å². The van der Waals surface area contributed by atoms with Crippen LogP contribution in [0.15, 0.2) is 133 Å². The van der Waals surface area contributed by atoms with Crippen LogP contribution >= 0.6 is 18.5 Å². The third-order valence-electron chi connectivity index (χ3n) is 3.67. The molecule has 0 fully saturated rings. The Bertz CT molecular complexity index is 861. The van der Waals surface area contributed by atoms with Crippen molar-refractivity contribution < 1.29 is 43.2 Å². The molecule has 0 radical (unpaired) electrons. The third-order valence-corrected chi connectivity index (χ3v) is 4.30. The van der Waals surface area contributed by atoms with E-state index in [9.17, 15) is 0 Å². The molecule has 2 N–H and O–H groups in total. The van der Waals surface area contributed by atoms with Gasteiger partial charge in [-0.3, -0.25) is 0 Å². The van der Waals surface area contributed by atoms with Gasteiger partial charge in [-0.15, -0.1) is 18.5 Å². The van der Waals surface area contributed by atoms with Crippen molar-refractivity contribution in [3.8, 4) is 0 Å². The molecular weight excluding hydrogens is 548 g/mol. The minimum Gasteiger partial charge on any atom is -0.507 e. The standard InChI is InChI=1S/2C8H9OP.2C6H5.2Ni/c2*9-8(6-10)7-4-2-1-3-5-7;2*1-2-4-6-5-3-1;;/h2*1-6,9H,10H2;2*1-5H;;/q;;2*-1;;/b2*8-6-;;;;. The number of aliphatic hydroxyl groups is 2. The van der Waals surface area contributed by atoms with Gasteiger partial charge in [-0.1, -0.05) is 60.7 Å². The summed E-state index contributed by atoms with van der Waals surface area (Å²) in [5.41, 5.74) is 1.69. The number of hydrogen-bond donors (Lipinski definition) is 2. The van der Waals surface area contributed by atoms with Crippen molar-refractivity contribution in [3.63, 3.8) is 0 Å². The third kappa shape index (κ3) is 17.3. The van der Waals surface area contributed by atoms with Crippen LogP contribution in [0.1, 0.15) is 11.1 Å². The first-order valence-electron chi connectivity index (χ1n) is 9.83. The van der Waals surface area contributed by atoms with Gasteiger partial charge in [0, 0.05) is 44.1 Å². The smallest absolute Gasteiger partial charge is 0.122 e. The predicted octanol–water partition coefficient (Wildman–Crippen LogP) is 7.80. The van der Waals surface area contributed by atoms with Gasteiger partial charge in [-0.05, 0) is 11.6 Å². The average Bonchev–Trinajstić information content (AvgIpc) is 2.92. The molecule has 4 rings (SSSR count). The van der Waals surface area contributed by atoms with Crippen LogP contribution in [-0.2, 0) is 33.0 Å². The van der Waals surface area contributed by atoms with Gasteiger partial charge in [0.05, 0.1) is 0 Å². The molecule has 0 bridgehead atoms. The maximum absolute atomic E-state index is 9.17. The van der Waals surface area contributed by atoms with E-state index in [1.807, 2.05) is 121 Å². The first kappa shape index (κ1) is 34.0. The molecule has 0 saturated heterocycles. The Morgan fingerprint density at radius 1 is 0.500 bits per heavy atom. The van der Waals surface area contributed by atoms with Crippen molar-refractivity contribution in [2.75, 3.05) is 0 Å². The summed E-state index contributed by atoms with van der Waals surface area (Å²) in [5, 5.41) is 18.3. The summed E-state index contributed by atoms with van der Waals surface area (Å²) < 4.78 is 0. The number of rotatable bonds is 2. The topological polar surface area (TPSA) is 40.5 Å². The molecule has 0 aliphatic carbocycles. The van der Waals surface area contributed by atoms with Crippen molar-refractivity contribution in [2.24, 2.45) is 0 Å². The molecule has 4 aromatic rings. The van der Waals surface area contributed by atoms with E-state index in [0.717, 1.165) is 11.1 Å². The van der Waals surface area contributed by atoms with E-state index in [1.54, 1.807) is 11.6 Å². The second-order valence-electron chi connectivity index (χ2n) is 5.99. The molecule has 0 saturated carbocycles. The summed E-state index contributed by atoms with van der Waals surface area (Å²) in [6, 6.07) is 43.8. The van der Waals surface area contributed by atoms with Crippen LogP contribution in [0.3, 0.4) is 0 Å². The molecule has 0 spiro atoms. The predicted molar refractivity (Wildman–Crippen MR) is 144 cm³/mol. The summed E-state index contributed by atoms with van der Waals surface area (Å²) in [6.07, 6.45) is 0. The maximum atomic E-state index is 9.17. The van der Waals surface area contributed by atoms with Gasteiger partial charge in [0.25, 0.3) is 0 Å². The minimum absolute atomic E-state index is 0. The molecule has 0 heterocycles. The molecule has 2 unspecified atom stereocenters. The Balaban J connectivity index is 0. The first-order chi connectivity index (χ1) is 15.7. The van der Waals surface area contributed by atoms with Gasteiger partial charge in [-0.25, -0.2) is 0 Å². The SMILES string of the molecule is O/C(=C\P)c1ccccc1.O/C(=C\P)c1ccccc1.[Ni].[Ni].[c-]1ccccc1.[c-]1ccccc1. The van der Waals surface area contributed by atoms with E-state index in [0.29, 0.717) is 11.5 Å². The summed E-state index contributed by atoms with van der Waals surface area (Å²) in [7, 11) is 4.71. The van der Waals surface area contributed by atoms with E-state index < -0.39 is 0 Å². The van der Waals surface area contributed by atoms with E-state index in [4.69, 9.17) is 10.2 Å². The zero-order valence-corrected chi connectivity index (χ0v) is 22.7. The molecule has 34 heavy (non-hydrogen) atoms. The van der Waals surface area contributed by atoms with Gasteiger partial charge < -0.3 is 10.2 Å². The van der Waals surface area contributed by atoms with Gasteiger partial charge in [0.15, 0.2) is 0 Å². The summed E-state index contributed by atoms with van der Waals surface area (Å²) >= 11 is 0. The zero-order valence-electron chi connectivity index (χ0n) is 18.4. The minimum atomic E-state index is 0. The molecule has 0 aromatic heterocycles. The first-order valence-corrected chi connectivity index (χ1v) is 11.2. The second kappa shape index (κ2) is 23.9. The Kier molecular flexibility index (Phi) is 23.9. The van der Waals surface area contributed by atoms with Crippen molar-refractivity contribution in [1.82, 2.24) is 0 Å². The molecule has 6 heteroatoms. The van der Waals surface area contributed by atoms with Crippen molar-refractivity contribution in [2.45, 2.75) is 0 Å². The van der Waals surface area contributed by atoms with Crippen LogP contribution in [0.2, 0.25) is 0 Å². The van der Waals surface area contributed by atoms with Gasteiger partial charge in [0.2, 0.25) is 0 Å². The summed E-state index contributed by atoms with van der Waals surface area (Å²) in [4.78, 5) is 0. The Morgan fingerprint density at radius 3 is 0.941 bits per heavy atom. The van der Waals surface area contributed by atoms with Crippen LogP contribution in [0.5, 0.6) is 0 Å². The van der Waals surface area contributed by atoms with E-state index in [1.165, 1.54) is 0 Å². The van der Waals surface area contributed by atoms with Crippen LogP contribution in [-0.4, -0.2) is 10.2 Å². The van der Waals surface area contributed by atoms with Crippen LogP contribution in [0.25, 0.3) is 11.5 Å². The summed E-state index contributed by atoms with van der Waals surface area (Å²) in [5.74, 6) is 3.78. The largest absolute Gasteiger partial charge is 0.507 e. The Hall–Kier alpha value is -2.19. The fraction of sp³-hybridized carbons (Fsp3) is 0. The average molecular weight is 576 g/mol. The zero-order chi connectivity index (χ0) is 23.3. The van der Waals surface area contributed by atoms with Crippen LogP contribution in [0, 0.1) is 12.1 Å². The van der Waals surface area contributed by atoms with E-state index >= 15 is 0 Å². The fourth-order valence-corrected chi connectivity index (χ4v) is 2.48. The number of benzene rings is 4. The van der Waals surface area contributed by atoms with E-state index in [2.05, 4.69) is 30.6 Å². The molecule has 2 nitrogen and oxygen atoms in total. The maximum Gasteiger partial charge on any atom is 0.122 e. The second-order valence-corrected chi connectivity index (χ2v) is 6.66. The molecule has 4 aromatic carbocycles. The Labute approximate surface area is 228 Å². The molecule has 0 aliphatic heterocycles. The van der Waals surface area contributed by atoms with Crippen molar-refractivity contribution >= 4 is 30.0 Å². The van der Waals surface area contributed by atoms with Crippen molar-refractivity contribution in [3.05, 3.63) is 156 Å². The number of hydrogen-bond acceptors (Lipinski definition) is 2. The number of aliphatic hydroxyl groups excluding tert-OH is 2. The van der Waals surface area contributed by atoms with Gasteiger partial charge in [-0.2, -0.15) is 72.8 Å². The van der Waals surface area contributed by atoms with Crippen LogP contribution < -0.4 is 0 Å². The fourth-order valence-electron chi connectivity index (χ4n) is 2.09. The molecule has 0 amide bonds. The molecular formula is C28H28Ni2O2P2-2. The van der Waals surface area contributed by atoms with Crippen LogP contribution in [0.4, 0.5) is 0 Å². The van der Waals surface area contributed by atoms with Gasteiger partial charge in [0.1, 0.15) is 11.5 Å². The van der Waals surface area contributed by atoms with Gasteiger partial charge >= 0.3 is 0 Å². The molecule has 0 aliphatic rings. The summed E-state index contributed by atoms with van der Waals surface area (Å²) in [6.45, 7) is 0. The molecule has 2 atom stereocenters. The Morgan fingerprint density at radius 2 is 0.765 bits per heavy atom. The normalized spacial score (nSPS) is 9.59. The molecule has 184 valence electrons.